The molecule has 1 amide bonds. The normalized spacial score (nSPS) is 22.6. The molecule has 0 bridgehead atoms. The van der Waals surface area contributed by atoms with Gasteiger partial charge in [-0.2, -0.15) is 0 Å². The van der Waals surface area contributed by atoms with Gasteiger partial charge in [0.05, 0.1) is 0 Å². The van der Waals surface area contributed by atoms with Crippen molar-refractivity contribution in [3.8, 4) is 0 Å². The molecule has 2 heterocycles. The van der Waals surface area contributed by atoms with Gasteiger partial charge in [0.2, 0.25) is 5.91 Å². The molecule has 0 aliphatic carbocycles. The summed E-state index contributed by atoms with van der Waals surface area (Å²) in [6.45, 7) is 7.62. The number of nitrogens with zero attached hydrogens (tertiary/aromatic N) is 2. The quantitative estimate of drug-likeness (QED) is 0.639. The number of rotatable bonds is 1. The van der Waals surface area contributed by atoms with Crippen LogP contribution in [0.1, 0.15) is 13.3 Å². The minimum absolute atomic E-state index is 0.242. The van der Waals surface area contributed by atoms with E-state index in [1.807, 2.05) is 11.8 Å². The molecular formula is C12H21N3O. The third-order valence-corrected chi connectivity index (χ3v) is 3.53. The Hall–Kier alpha value is -0.870. The van der Waals surface area contributed by atoms with Gasteiger partial charge in [-0.1, -0.05) is 0 Å². The Morgan fingerprint density at radius 2 is 1.94 bits per heavy atom. The minimum atomic E-state index is 0.242. The highest BCUT2D eigenvalue weighted by atomic mass is 16.2. The second-order valence-electron chi connectivity index (χ2n) is 4.78. The molecule has 2 aliphatic heterocycles. The van der Waals surface area contributed by atoms with Gasteiger partial charge in [0.1, 0.15) is 0 Å². The summed E-state index contributed by atoms with van der Waals surface area (Å²) in [5.74, 6) is 0.242. The van der Waals surface area contributed by atoms with Crippen LogP contribution >= 0.6 is 0 Å². The first-order chi connectivity index (χ1) is 7.68. The van der Waals surface area contributed by atoms with Gasteiger partial charge >= 0.3 is 0 Å². The van der Waals surface area contributed by atoms with Crippen molar-refractivity contribution in [1.29, 1.82) is 0 Å². The molecular weight excluding hydrogens is 202 g/mol. The Balaban J connectivity index is 1.98. The second kappa shape index (κ2) is 4.97. The molecule has 0 atom stereocenters. The van der Waals surface area contributed by atoms with Crippen LogP contribution in [0.2, 0.25) is 0 Å². The van der Waals surface area contributed by atoms with Crippen LogP contribution in [0.3, 0.4) is 0 Å². The van der Waals surface area contributed by atoms with Gasteiger partial charge in [-0.05, 0) is 32.5 Å². The van der Waals surface area contributed by atoms with Crippen molar-refractivity contribution in [2.45, 2.75) is 13.3 Å². The van der Waals surface area contributed by atoms with E-state index in [1.54, 1.807) is 0 Å². The highest BCUT2D eigenvalue weighted by Gasteiger charge is 2.22. The molecule has 2 fully saturated rings. The number of hydrogen-bond donors (Lipinski definition) is 1. The van der Waals surface area contributed by atoms with Gasteiger partial charge < -0.3 is 15.1 Å². The molecule has 2 rings (SSSR count). The van der Waals surface area contributed by atoms with Crippen LogP contribution in [0.5, 0.6) is 0 Å². The zero-order chi connectivity index (χ0) is 11.5. The zero-order valence-electron chi connectivity index (χ0n) is 10.3. The van der Waals surface area contributed by atoms with Crippen LogP contribution < -0.4 is 5.32 Å². The number of hydrogen-bond acceptors (Lipinski definition) is 3. The van der Waals surface area contributed by atoms with Gasteiger partial charge in [-0.3, -0.25) is 4.79 Å². The lowest BCUT2D eigenvalue weighted by Crippen LogP contribution is -2.40. The van der Waals surface area contributed by atoms with Crippen LogP contribution in [0.4, 0.5) is 0 Å². The van der Waals surface area contributed by atoms with Gasteiger partial charge in [-0.25, -0.2) is 0 Å². The fraction of sp³-hybridized carbons (Fsp3) is 0.750. The van der Waals surface area contributed by atoms with E-state index in [1.165, 1.54) is 5.57 Å². The number of carbonyl (C=O) groups excluding carboxylic acids is 1. The highest BCUT2D eigenvalue weighted by Crippen LogP contribution is 2.13. The minimum Gasteiger partial charge on any atom is -0.338 e. The van der Waals surface area contributed by atoms with E-state index >= 15 is 0 Å². The van der Waals surface area contributed by atoms with E-state index in [-0.39, 0.29) is 5.91 Å². The molecule has 4 nitrogen and oxygen atoms in total. The van der Waals surface area contributed by atoms with Crippen molar-refractivity contribution in [3.63, 3.8) is 0 Å². The van der Waals surface area contributed by atoms with E-state index in [0.29, 0.717) is 0 Å². The molecule has 2 saturated heterocycles. The molecule has 0 aromatic heterocycles. The fourth-order valence-electron chi connectivity index (χ4n) is 2.15. The van der Waals surface area contributed by atoms with Crippen molar-refractivity contribution in [2.24, 2.45) is 0 Å². The first-order valence-electron chi connectivity index (χ1n) is 6.05. The predicted molar refractivity (Wildman–Crippen MR) is 64.3 cm³/mol. The SMILES string of the molecule is CC(C(=O)N1CCCN(C)CC1)=C1CNC1. The molecule has 0 radical (unpaired) electrons. The summed E-state index contributed by atoms with van der Waals surface area (Å²) in [4.78, 5) is 16.5. The van der Waals surface area contributed by atoms with Crippen molar-refractivity contribution in [2.75, 3.05) is 46.3 Å². The van der Waals surface area contributed by atoms with Gasteiger partial charge in [0.25, 0.3) is 0 Å². The van der Waals surface area contributed by atoms with E-state index in [2.05, 4.69) is 17.3 Å². The number of likely N-dealkylation sites (N-methyl/N-ethyl adjacent to an activating group) is 1. The molecule has 0 aromatic carbocycles. The summed E-state index contributed by atoms with van der Waals surface area (Å²) >= 11 is 0. The topological polar surface area (TPSA) is 35.6 Å². The summed E-state index contributed by atoms with van der Waals surface area (Å²) in [6, 6.07) is 0. The zero-order valence-corrected chi connectivity index (χ0v) is 10.3. The van der Waals surface area contributed by atoms with Crippen molar-refractivity contribution in [3.05, 3.63) is 11.1 Å². The van der Waals surface area contributed by atoms with Crippen molar-refractivity contribution < 1.29 is 4.79 Å². The summed E-state index contributed by atoms with van der Waals surface area (Å²) in [6.07, 6.45) is 1.09. The maximum absolute atomic E-state index is 12.2. The van der Waals surface area contributed by atoms with Gasteiger partial charge in [0, 0.05) is 38.3 Å². The Labute approximate surface area is 97.3 Å². The van der Waals surface area contributed by atoms with Crippen molar-refractivity contribution in [1.82, 2.24) is 15.1 Å². The van der Waals surface area contributed by atoms with Crippen LogP contribution in [-0.2, 0) is 4.79 Å². The average Bonchev–Trinajstić information content (AvgIpc) is 2.39. The first-order valence-corrected chi connectivity index (χ1v) is 6.05. The smallest absolute Gasteiger partial charge is 0.249 e. The molecule has 1 N–H and O–H groups in total. The maximum atomic E-state index is 12.2. The molecule has 4 heteroatoms. The molecule has 0 unspecified atom stereocenters. The Morgan fingerprint density at radius 3 is 2.56 bits per heavy atom. The third-order valence-electron chi connectivity index (χ3n) is 3.53. The first kappa shape index (κ1) is 11.6. The van der Waals surface area contributed by atoms with E-state index < -0.39 is 0 Å². The maximum Gasteiger partial charge on any atom is 0.249 e. The summed E-state index contributed by atoms with van der Waals surface area (Å²) in [5, 5.41) is 3.18. The second-order valence-corrected chi connectivity index (χ2v) is 4.78. The van der Waals surface area contributed by atoms with E-state index in [0.717, 1.165) is 51.3 Å². The summed E-state index contributed by atoms with van der Waals surface area (Å²) in [5.41, 5.74) is 2.24. The fourth-order valence-corrected chi connectivity index (χ4v) is 2.15. The van der Waals surface area contributed by atoms with E-state index in [9.17, 15) is 4.79 Å². The number of amides is 1. The van der Waals surface area contributed by atoms with Crippen LogP contribution in [-0.4, -0.2) is 62.0 Å². The highest BCUT2D eigenvalue weighted by molar-refractivity contribution is 5.94. The standard InChI is InChI=1S/C12H21N3O/c1-10(11-8-13-9-11)12(16)15-5-3-4-14(2)6-7-15/h13H,3-9H2,1-2H3. The Morgan fingerprint density at radius 1 is 1.19 bits per heavy atom. The lowest BCUT2D eigenvalue weighted by Gasteiger charge is -2.26. The third kappa shape index (κ3) is 2.44. The molecule has 2 aliphatic rings. The number of carbonyl (C=O) groups is 1. The molecule has 0 saturated carbocycles. The monoisotopic (exact) mass is 223 g/mol. The Kier molecular flexibility index (Phi) is 3.61. The summed E-state index contributed by atoms with van der Waals surface area (Å²) < 4.78 is 0. The molecule has 0 spiro atoms. The van der Waals surface area contributed by atoms with Crippen LogP contribution in [0, 0.1) is 0 Å². The molecule has 16 heavy (non-hydrogen) atoms. The lowest BCUT2D eigenvalue weighted by molar-refractivity contribution is -0.127. The van der Waals surface area contributed by atoms with Gasteiger partial charge in [0.15, 0.2) is 0 Å². The van der Waals surface area contributed by atoms with Crippen LogP contribution in [0.25, 0.3) is 0 Å². The molecule has 0 aromatic rings. The van der Waals surface area contributed by atoms with Gasteiger partial charge in [-0.15, -0.1) is 0 Å². The number of nitrogens with one attached hydrogen (secondary N) is 1. The van der Waals surface area contributed by atoms with E-state index in [4.69, 9.17) is 0 Å². The van der Waals surface area contributed by atoms with Crippen LogP contribution in [0.15, 0.2) is 11.1 Å². The average molecular weight is 223 g/mol. The molecule has 90 valence electrons. The summed E-state index contributed by atoms with van der Waals surface area (Å²) in [7, 11) is 2.12. The lowest BCUT2D eigenvalue weighted by atomic mass is 10.0. The Bertz CT molecular complexity index is 305. The largest absolute Gasteiger partial charge is 0.338 e. The predicted octanol–water partition coefficient (Wildman–Crippen LogP) is 0.0702. The van der Waals surface area contributed by atoms with Crippen molar-refractivity contribution >= 4 is 5.91 Å².